The van der Waals surface area contributed by atoms with Crippen LogP contribution in [0.3, 0.4) is 0 Å². The first-order chi connectivity index (χ1) is 8.79. The van der Waals surface area contributed by atoms with Crippen molar-refractivity contribution in [3.05, 3.63) is 29.8 Å². The summed E-state index contributed by atoms with van der Waals surface area (Å²) in [4.78, 5) is 0. The summed E-state index contributed by atoms with van der Waals surface area (Å²) in [5.74, 6) is 3.19. The molecular weight excluding hydrogens is 246 g/mol. The summed E-state index contributed by atoms with van der Waals surface area (Å²) in [5.41, 5.74) is 0.908. The highest BCUT2D eigenvalue weighted by molar-refractivity contribution is 7.99. The Morgan fingerprint density at radius 3 is 3.17 bits per heavy atom. The molecule has 100 valence electrons. The first-order valence-corrected chi connectivity index (χ1v) is 7.62. The molecule has 0 saturated carbocycles. The lowest BCUT2D eigenvalue weighted by atomic mass is 10.1. The van der Waals surface area contributed by atoms with Gasteiger partial charge in [-0.25, -0.2) is 0 Å². The van der Waals surface area contributed by atoms with Crippen molar-refractivity contribution in [2.45, 2.75) is 25.0 Å². The Hall–Kier alpha value is -0.710. The van der Waals surface area contributed by atoms with Gasteiger partial charge in [-0.3, -0.25) is 0 Å². The van der Waals surface area contributed by atoms with E-state index in [1.54, 1.807) is 0 Å². The van der Waals surface area contributed by atoms with Crippen molar-refractivity contribution in [3.63, 3.8) is 0 Å². The molecule has 4 heteroatoms. The van der Waals surface area contributed by atoms with Crippen LogP contribution in [0.25, 0.3) is 0 Å². The highest BCUT2D eigenvalue weighted by Gasteiger charge is 2.15. The van der Waals surface area contributed by atoms with Crippen LogP contribution in [0.5, 0.6) is 5.75 Å². The molecule has 3 nitrogen and oxygen atoms in total. The van der Waals surface area contributed by atoms with Gasteiger partial charge < -0.3 is 15.2 Å². The minimum Gasteiger partial charge on any atom is -0.490 e. The van der Waals surface area contributed by atoms with E-state index in [2.05, 4.69) is 5.32 Å². The van der Waals surface area contributed by atoms with Crippen molar-refractivity contribution in [1.29, 1.82) is 0 Å². The molecule has 1 fully saturated rings. The van der Waals surface area contributed by atoms with E-state index >= 15 is 0 Å². The normalized spacial score (nSPS) is 21.6. The van der Waals surface area contributed by atoms with Crippen molar-refractivity contribution in [2.75, 3.05) is 25.1 Å². The fourth-order valence-corrected chi connectivity index (χ4v) is 3.14. The van der Waals surface area contributed by atoms with Crippen LogP contribution >= 0.6 is 11.8 Å². The number of ether oxygens (including phenoxy) is 1. The van der Waals surface area contributed by atoms with Crippen molar-refractivity contribution in [1.82, 2.24) is 5.32 Å². The summed E-state index contributed by atoms with van der Waals surface area (Å²) in [7, 11) is 1.84. The van der Waals surface area contributed by atoms with Gasteiger partial charge in [0, 0.05) is 12.3 Å². The number of hydrogen-bond donors (Lipinski definition) is 2. The Kier molecular flexibility index (Phi) is 5.35. The Morgan fingerprint density at radius 1 is 1.56 bits per heavy atom. The number of thioether (sulfide) groups is 1. The molecule has 2 N–H and O–H groups in total. The summed E-state index contributed by atoms with van der Waals surface area (Å²) >= 11 is 1.96. The van der Waals surface area contributed by atoms with Gasteiger partial charge in [0.2, 0.25) is 0 Å². The number of aliphatic hydroxyl groups is 1. The first kappa shape index (κ1) is 13.7. The lowest BCUT2D eigenvalue weighted by molar-refractivity contribution is 0.175. The molecule has 1 aliphatic rings. The molecule has 1 aliphatic heterocycles. The predicted octanol–water partition coefficient (Wildman–Crippen LogP) is 2.21. The lowest BCUT2D eigenvalue weighted by Gasteiger charge is -2.23. The van der Waals surface area contributed by atoms with E-state index in [-0.39, 0.29) is 0 Å². The highest BCUT2D eigenvalue weighted by atomic mass is 32.2. The van der Waals surface area contributed by atoms with E-state index in [1.165, 1.54) is 12.2 Å². The SMILES string of the molecule is CNCC(O)c1cccc(OC2CCCSC2)c1. The van der Waals surface area contributed by atoms with Gasteiger partial charge in [0.05, 0.1) is 6.10 Å². The van der Waals surface area contributed by atoms with Gasteiger partial charge in [0.15, 0.2) is 0 Å². The van der Waals surface area contributed by atoms with Crippen LogP contribution in [0.4, 0.5) is 0 Å². The Bertz CT molecular complexity index is 367. The molecule has 2 rings (SSSR count). The largest absolute Gasteiger partial charge is 0.490 e. The fraction of sp³-hybridized carbons (Fsp3) is 0.571. The molecule has 1 saturated heterocycles. The molecule has 0 radical (unpaired) electrons. The van der Waals surface area contributed by atoms with Gasteiger partial charge in [-0.2, -0.15) is 11.8 Å². The minimum absolute atomic E-state index is 0.320. The lowest BCUT2D eigenvalue weighted by Crippen LogP contribution is -2.23. The standard InChI is InChI=1S/C14H21NO2S/c1-15-9-14(16)11-4-2-5-12(8-11)17-13-6-3-7-18-10-13/h2,4-5,8,13-16H,3,6-7,9-10H2,1H3. The number of likely N-dealkylation sites (N-methyl/N-ethyl adjacent to an activating group) is 1. The van der Waals surface area contributed by atoms with E-state index in [1.807, 2.05) is 43.1 Å². The second kappa shape index (κ2) is 7.02. The maximum Gasteiger partial charge on any atom is 0.120 e. The molecule has 0 amide bonds. The molecule has 0 aliphatic carbocycles. The van der Waals surface area contributed by atoms with E-state index < -0.39 is 6.10 Å². The van der Waals surface area contributed by atoms with Gasteiger partial charge in [0.25, 0.3) is 0 Å². The van der Waals surface area contributed by atoms with E-state index in [0.29, 0.717) is 12.6 Å². The second-order valence-corrected chi connectivity index (χ2v) is 5.75. The third-order valence-corrected chi connectivity index (χ3v) is 4.25. The summed E-state index contributed by atoms with van der Waals surface area (Å²) in [5, 5.41) is 12.9. The number of nitrogens with one attached hydrogen (secondary N) is 1. The summed E-state index contributed by atoms with van der Waals surface area (Å²) in [6.07, 6.45) is 2.22. The highest BCUT2D eigenvalue weighted by Crippen LogP contribution is 2.24. The monoisotopic (exact) mass is 267 g/mol. The Balaban J connectivity index is 1.97. The van der Waals surface area contributed by atoms with Gasteiger partial charge >= 0.3 is 0 Å². The van der Waals surface area contributed by atoms with Crippen molar-refractivity contribution >= 4 is 11.8 Å². The molecular formula is C14H21NO2S. The van der Waals surface area contributed by atoms with Crippen molar-refractivity contribution in [2.24, 2.45) is 0 Å². The number of benzene rings is 1. The van der Waals surface area contributed by atoms with Gasteiger partial charge in [-0.05, 0) is 43.3 Å². The molecule has 0 spiro atoms. The van der Waals surface area contributed by atoms with E-state index in [9.17, 15) is 5.11 Å². The number of aliphatic hydroxyl groups excluding tert-OH is 1. The fourth-order valence-electron chi connectivity index (χ4n) is 2.10. The molecule has 0 bridgehead atoms. The molecule has 0 aromatic heterocycles. The van der Waals surface area contributed by atoms with Crippen molar-refractivity contribution < 1.29 is 9.84 Å². The summed E-state index contributed by atoms with van der Waals surface area (Å²) in [6, 6.07) is 7.79. The van der Waals surface area contributed by atoms with Gasteiger partial charge in [0.1, 0.15) is 11.9 Å². The summed E-state index contributed by atoms with van der Waals surface area (Å²) < 4.78 is 5.97. The van der Waals surface area contributed by atoms with Gasteiger partial charge in [-0.1, -0.05) is 12.1 Å². The Labute approximate surface area is 113 Å². The van der Waals surface area contributed by atoms with Crippen LogP contribution in [-0.2, 0) is 0 Å². The quantitative estimate of drug-likeness (QED) is 0.858. The molecule has 2 atom stereocenters. The van der Waals surface area contributed by atoms with E-state index in [0.717, 1.165) is 23.5 Å². The van der Waals surface area contributed by atoms with Crippen LogP contribution in [0.15, 0.2) is 24.3 Å². The molecule has 1 heterocycles. The Morgan fingerprint density at radius 2 is 2.44 bits per heavy atom. The molecule has 2 unspecified atom stereocenters. The van der Waals surface area contributed by atoms with Crippen LogP contribution in [-0.4, -0.2) is 36.3 Å². The van der Waals surface area contributed by atoms with Crippen molar-refractivity contribution in [3.8, 4) is 5.75 Å². The van der Waals surface area contributed by atoms with E-state index in [4.69, 9.17) is 4.74 Å². The molecule has 1 aromatic rings. The smallest absolute Gasteiger partial charge is 0.120 e. The summed E-state index contributed by atoms with van der Waals surface area (Å²) in [6.45, 7) is 0.558. The zero-order valence-corrected chi connectivity index (χ0v) is 11.6. The average molecular weight is 267 g/mol. The first-order valence-electron chi connectivity index (χ1n) is 6.46. The predicted molar refractivity (Wildman–Crippen MR) is 76.3 cm³/mol. The topological polar surface area (TPSA) is 41.5 Å². The minimum atomic E-state index is -0.473. The number of hydrogen-bond acceptors (Lipinski definition) is 4. The maximum atomic E-state index is 9.93. The second-order valence-electron chi connectivity index (χ2n) is 4.60. The third kappa shape index (κ3) is 3.90. The van der Waals surface area contributed by atoms with Crippen LogP contribution in [0.2, 0.25) is 0 Å². The zero-order valence-electron chi connectivity index (χ0n) is 10.8. The average Bonchev–Trinajstić information content (AvgIpc) is 2.40. The molecule has 1 aromatic carbocycles. The van der Waals surface area contributed by atoms with Crippen LogP contribution < -0.4 is 10.1 Å². The maximum absolute atomic E-state index is 9.93. The van der Waals surface area contributed by atoms with Crippen LogP contribution in [0.1, 0.15) is 24.5 Å². The number of rotatable bonds is 5. The zero-order chi connectivity index (χ0) is 12.8. The molecule has 18 heavy (non-hydrogen) atoms. The third-order valence-electron chi connectivity index (χ3n) is 3.06. The van der Waals surface area contributed by atoms with Gasteiger partial charge in [-0.15, -0.1) is 0 Å². The van der Waals surface area contributed by atoms with Crippen LogP contribution in [0, 0.1) is 0 Å².